The molecule has 0 radical (unpaired) electrons. The summed E-state index contributed by atoms with van der Waals surface area (Å²) in [5, 5.41) is 4.03. The predicted molar refractivity (Wildman–Crippen MR) is 72.0 cm³/mol. The molecule has 0 aromatic carbocycles. The Morgan fingerprint density at radius 3 is 3.05 bits per heavy atom. The van der Waals surface area contributed by atoms with Crippen molar-refractivity contribution in [3.05, 3.63) is 29.4 Å². The van der Waals surface area contributed by atoms with Crippen molar-refractivity contribution in [2.45, 2.75) is 51.7 Å². The highest BCUT2D eigenvalue weighted by atomic mass is 16.5. The fourth-order valence-electron chi connectivity index (χ4n) is 2.89. The lowest BCUT2D eigenvalue weighted by Crippen LogP contribution is -2.31. The minimum Gasteiger partial charge on any atom is -0.339 e. The van der Waals surface area contributed by atoms with Crippen molar-refractivity contribution >= 4 is 0 Å². The molecule has 1 aliphatic heterocycles. The van der Waals surface area contributed by atoms with Gasteiger partial charge in [-0.1, -0.05) is 12.1 Å². The average Bonchev–Trinajstić information content (AvgIpc) is 3.07. The van der Waals surface area contributed by atoms with Crippen molar-refractivity contribution in [1.29, 1.82) is 0 Å². The van der Waals surface area contributed by atoms with Gasteiger partial charge in [0, 0.05) is 37.7 Å². The lowest BCUT2D eigenvalue weighted by Gasteiger charge is -2.25. The van der Waals surface area contributed by atoms with Crippen LogP contribution in [0, 0.1) is 0 Å². The first-order chi connectivity index (χ1) is 9.83. The van der Waals surface area contributed by atoms with Crippen molar-refractivity contribution in [3.63, 3.8) is 0 Å². The third kappa shape index (κ3) is 2.14. The van der Waals surface area contributed by atoms with Crippen LogP contribution in [-0.2, 0) is 25.9 Å². The third-order valence-corrected chi connectivity index (χ3v) is 4.14. The molecule has 6 heteroatoms. The molecule has 2 aromatic heterocycles. The van der Waals surface area contributed by atoms with Crippen LogP contribution in [-0.4, -0.2) is 31.1 Å². The Balaban J connectivity index is 1.46. The van der Waals surface area contributed by atoms with E-state index in [0.717, 1.165) is 50.2 Å². The van der Waals surface area contributed by atoms with Crippen molar-refractivity contribution in [1.82, 2.24) is 24.6 Å². The second kappa shape index (κ2) is 4.70. The lowest BCUT2D eigenvalue weighted by atomic mass is 10.1. The van der Waals surface area contributed by atoms with Crippen LogP contribution in [0.3, 0.4) is 0 Å². The van der Waals surface area contributed by atoms with Crippen LogP contribution < -0.4 is 0 Å². The summed E-state index contributed by atoms with van der Waals surface area (Å²) in [4.78, 5) is 11.3. The van der Waals surface area contributed by atoms with E-state index in [1.54, 1.807) is 0 Å². The average molecular weight is 273 g/mol. The van der Waals surface area contributed by atoms with Gasteiger partial charge in [-0.3, -0.25) is 4.90 Å². The summed E-state index contributed by atoms with van der Waals surface area (Å²) in [5.74, 6) is 1.50. The molecular formula is C14H19N5O. The zero-order chi connectivity index (χ0) is 13.5. The molecule has 0 atom stereocenters. The van der Waals surface area contributed by atoms with Crippen LogP contribution in [0.5, 0.6) is 0 Å². The zero-order valence-electron chi connectivity index (χ0n) is 11.7. The summed E-state index contributed by atoms with van der Waals surface area (Å²) < 4.78 is 7.55. The molecule has 0 N–H and O–H groups in total. The Morgan fingerprint density at radius 2 is 2.30 bits per heavy atom. The first-order valence-electron chi connectivity index (χ1n) is 7.42. The third-order valence-electron chi connectivity index (χ3n) is 4.14. The summed E-state index contributed by atoms with van der Waals surface area (Å²) in [5.41, 5.74) is 2.66. The van der Waals surface area contributed by atoms with E-state index >= 15 is 0 Å². The largest absolute Gasteiger partial charge is 0.339 e. The monoisotopic (exact) mass is 273 g/mol. The van der Waals surface area contributed by atoms with Crippen molar-refractivity contribution in [2.75, 3.05) is 6.54 Å². The predicted octanol–water partition coefficient (Wildman–Crippen LogP) is 1.72. The molecule has 1 fully saturated rings. The molecule has 6 nitrogen and oxygen atoms in total. The van der Waals surface area contributed by atoms with Crippen molar-refractivity contribution < 1.29 is 4.52 Å². The van der Waals surface area contributed by atoms with E-state index in [9.17, 15) is 0 Å². The molecule has 0 unspecified atom stereocenters. The van der Waals surface area contributed by atoms with E-state index in [2.05, 4.69) is 24.6 Å². The molecule has 3 heterocycles. The molecule has 2 aliphatic rings. The van der Waals surface area contributed by atoms with Crippen molar-refractivity contribution in [3.8, 4) is 0 Å². The molecular weight excluding hydrogens is 254 g/mol. The van der Waals surface area contributed by atoms with Gasteiger partial charge in [0.25, 0.3) is 0 Å². The fourth-order valence-corrected chi connectivity index (χ4v) is 2.89. The maximum atomic E-state index is 5.16. The fraction of sp³-hybridized carbons (Fsp3) is 0.643. The Kier molecular flexibility index (Phi) is 2.84. The SMILES string of the molecule is CCc1nc(CN2CCc3c(ncn3C3CC3)C2)no1. The highest BCUT2D eigenvalue weighted by molar-refractivity contribution is 5.18. The van der Waals surface area contributed by atoms with Crippen molar-refractivity contribution in [2.24, 2.45) is 0 Å². The molecule has 1 saturated carbocycles. The Labute approximate surface area is 117 Å². The summed E-state index contributed by atoms with van der Waals surface area (Å²) in [6.07, 6.45) is 6.52. The quantitative estimate of drug-likeness (QED) is 0.849. The summed E-state index contributed by atoms with van der Waals surface area (Å²) in [6, 6.07) is 0.724. The zero-order valence-corrected chi connectivity index (χ0v) is 11.7. The number of hydrogen-bond acceptors (Lipinski definition) is 5. The van der Waals surface area contributed by atoms with Crippen LogP contribution in [0.25, 0.3) is 0 Å². The molecule has 0 bridgehead atoms. The lowest BCUT2D eigenvalue weighted by molar-refractivity contribution is 0.230. The molecule has 0 saturated heterocycles. The number of nitrogens with zero attached hydrogens (tertiary/aromatic N) is 5. The highest BCUT2D eigenvalue weighted by Crippen LogP contribution is 2.37. The van der Waals surface area contributed by atoms with E-state index < -0.39 is 0 Å². The normalized spacial score (nSPS) is 19.2. The molecule has 0 spiro atoms. The Hall–Kier alpha value is -1.69. The van der Waals surface area contributed by atoms with Gasteiger partial charge in [-0.2, -0.15) is 4.98 Å². The van der Waals surface area contributed by atoms with Gasteiger partial charge in [0.2, 0.25) is 5.89 Å². The number of rotatable bonds is 4. The second-order valence-corrected chi connectivity index (χ2v) is 5.69. The van der Waals surface area contributed by atoms with Gasteiger partial charge in [0.05, 0.1) is 18.6 Å². The van der Waals surface area contributed by atoms with E-state index in [1.165, 1.54) is 24.2 Å². The topological polar surface area (TPSA) is 60.0 Å². The van der Waals surface area contributed by atoms with Gasteiger partial charge in [-0.25, -0.2) is 4.98 Å². The Morgan fingerprint density at radius 1 is 1.40 bits per heavy atom. The van der Waals surface area contributed by atoms with Crippen LogP contribution in [0.15, 0.2) is 10.9 Å². The Bertz CT molecular complexity index is 613. The molecule has 20 heavy (non-hydrogen) atoms. The summed E-state index contributed by atoms with van der Waals surface area (Å²) >= 11 is 0. The highest BCUT2D eigenvalue weighted by Gasteiger charge is 2.29. The maximum Gasteiger partial charge on any atom is 0.226 e. The molecule has 106 valence electrons. The van der Waals surface area contributed by atoms with Gasteiger partial charge in [0.1, 0.15) is 0 Å². The molecule has 0 amide bonds. The minimum atomic E-state index is 0.718. The summed E-state index contributed by atoms with van der Waals surface area (Å²) in [7, 11) is 0. The number of fused-ring (bicyclic) bond motifs is 1. The molecule has 2 aromatic rings. The minimum absolute atomic E-state index is 0.718. The van der Waals surface area contributed by atoms with E-state index in [1.807, 2.05) is 13.3 Å². The summed E-state index contributed by atoms with van der Waals surface area (Å²) in [6.45, 7) is 4.71. The number of aryl methyl sites for hydroxylation is 1. The molecule has 1 aliphatic carbocycles. The van der Waals surface area contributed by atoms with Gasteiger partial charge in [0.15, 0.2) is 5.82 Å². The smallest absolute Gasteiger partial charge is 0.226 e. The van der Waals surface area contributed by atoms with Gasteiger partial charge < -0.3 is 9.09 Å². The first kappa shape index (κ1) is 12.1. The van der Waals surface area contributed by atoms with Crippen LogP contribution >= 0.6 is 0 Å². The van der Waals surface area contributed by atoms with E-state index in [4.69, 9.17) is 4.52 Å². The first-order valence-corrected chi connectivity index (χ1v) is 7.42. The van der Waals surface area contributed by atoms with Gasteiger partial charge >= 0.3 is 0 Å². The van der Waals surface area contributed by atoms with Crippen LogP contribution in [0.1, 0.15) is 48.9 Å². The van der Waals surface area contributed by atoms with E-state index in [0.29, 0.717) is 0 Å². The van der Waals surface area contributed by atoms with E-state index in [-0.39, 0.29) is 0 Å². The van der Waals surface area contributed by atoms with Gasteiger partial charge in [-0.05, 0) is 12.8 Å². The van der Waals surface area contributed by atoms with Gasteiger partial charge in [-0.15, -0.1) is 0 Å². The van der Waals surface area contributed by atoms with Crippen LogP contribution in [0.4, 0.5) is 0 Å². The standard InChI is InChI=1S/C14H19N5O/c1-2-14-16-13(17-20-14)8-18-6-5-12-11(7-18)15-9-19(12)10-3-4-10/h9-10H,2-8H2,1H3. The number of hydrogen-bond donors (Lipinski definition) is 0. The number of imidazole rings is 1. The molecule has 4 rings (SSSR count). The van der Waals surface area contributed by atoms with Crippen LogP contribution in [0.2, 0.25) is 0 Å². The number of aromatic nitrogens is 4. The maximum absolute atomic E-state index is 5.16. The second-order valence-electron chi connectivity index (χ2n) is 5.69.